The van der Waals surface area contributed by atoms with Gasteiger partial charge in [0.1, 0.15) is 5.75 Å². The summed E-state index contributed by atoms with van der Waals surface area (Å²) in [6.07, 6.45) is 0. The standard InChI is InChI=1S/C23H25N3O3/c1-23(2)16-29-14-13-25(23)22(27)20-15-21(17-9-11-19(28-3)12-10-17)26(24-20)18-7-5-4-6-8-18/h4-12,15H,13-14,16H2,1-3H3. The van der Waals surface area contributed by atoms with Crippen molar-refractivity contribution < 1.29 is 14.3 Å². The summed E-state index contributed by atoms with van der Waals surface area (Å²) < 4.78 is 12.7. The Bertz CT molecular complexity index is 994. The fourth-order valence-corrected chi connectivity index (χ4v) is 3.59. The lowest BCUT2D eigenvalue weighted by Crippen LogP contribution is -2.55. The van der Waals surface area contributed by atoms with E-state index in [4.69, 9.17) is 14.6 Å². The zero-order valence-electron chi connectivity index (χ0n) is 17.0. The monoisotopic (exact) mass is 391 g/mol. The minimum absolute atomic E-state index is 0.0808. The van der Waals surface area contributed by atoms with Crippen LogP contribution in [0.3, 0.4) is 0 Å². The van der Waals surface area contributed by atoms with E-state index in [1.807, 2.05) is 84.1 Å². The molecule has 1 saturated heterocycles. The minimum atomic E-state index is -0.369. The van der Waals surface area contributed by atoms with E-state index in [9.17, 15) is 4.79 Å². The summed E-state index contributed by atoms with van der Waals surface area (Å²) in [5.74, 6) is 0.702. The highest BCUT2D eigenvalue weighted by Gasteiger charge is 2.36. The fraction of sp³-hybridized carbons (Fsp3) is 0.304. The summed E-state index contributed by atoms with van der Waals surface area (Å²) in [6, 6.07) is 19.5. The first-order valence-electron chi connectivity index (χ1n) is 9.69. The lowest BCUT2D eigenvalue weighted by Gasteiger charge is -2.41. The van der Waals surface area contributed by atoms with Crippen molar-refractivity contribution in [3.8, 4) is 22.7 Å². The van der Waals surface area contributed by atoms with Crippen LogP contribution in [0.1, 0.15) is 24.3 Å². The van der Waals surface area contributed by atoms with Crippen LogP contribution in [0.5, 0.6) is 5.75 Å². The first-order chi connectivity index (χ1) is 14.0. The predicted molar refractivity (Wildman–Crippen MR) is 111 cm³/mol. The highest BCUT2D eigenvalue weighted by Crippen LogP contribution is 2.28. The summed E-state index contributed by atoms with van der Waals surface area (Å²) in [6.45, 7) is 5.65. The third-order valence-electron chi connectivity index (χ3n) is 5.21. The van der Waals surface area contributed by atoms with Gasteiger partial charge in [-0.1, -0.05) is 18.2 Å². The molecule has 0 aliphatic carbocycles. The van der Waals surface area contributed by atoms with E-state index in [1.165, 1.54) is 0 Å². The number of benzene rings is 2. The Labute approximate surface area is 170 Å². The van der Waals surface area contributed by atoms with Gasteiger partial charge in [0.05, 0.1) is 37.2 Å². The van der Waals surface area contributed by atoms with Crippen LogP contribution in [-0.2, 0) is 4.74 Å². The number of para-hydroxylation sites is 1. The molecule has 0 spiro atoms. The first kappa shape index (κ1) is 19.2. The topological polar surface area (TPSA) is 56.6 Å². The molecule has 1 fully saturated rings. The van der Waals surface area contributed by atoms with Gasteiger partial charge in [-0.3, -0.25) is 4.79 Å². The molecule has 150 valence electrons. The van der Waals surface area contributed by atoms with E-state index in [0.29, 0.717) is 25.5 Å². The molecule has 2 aromatic carbocycles. The van der Waals surface area contributed by atoms with Gasteiger partial charge in [0.15, 0.2) is 5.69 Å². The second-order valence-electron chi connectivity index (χ2n) is 7.71. The number of methoxy groups -OCH3 is 1. The summed E-state index contributed by atoms with van der Waals surface area (Å²) in [7, 11) is 1.64. The van der Waals surface area contributed by atoms with E-state index in [-0.39, 0.29) is 11.4 Å². The molecule has 1 aliphatic rings. The number of morpholine rings is 1. The normalized spacial score (nSPS) is 15.9. The molecule has 0 N–H and O–H groups in total. The molecule has 0 radical (unpaired) electrons. The van der Waals surface area contributed by atoms with Crippen LogP contribution in [0.25, 0.3) is 16.9 Å². The van der Waals surface area contributed by atoms with Gasteiger partial charge in [-0.25, -0.2) is 4.68 Å². The van der Waals surface area contributed by atoms with Gasteiger partial charge >= 0.3 is 0 Å². The van der Waals surface area contributed by atoms with Crippen molar-refractivity contribution in [2.45, 2.75) is 19.4 Å². The van der Waals surface area contributed by atoms with Crippen molar-refractivity contribution in [1.82, 2.24) is 14.7 Å². The lowest BCUT2D eigenvalue weighted by atomic mass is 10.0. The molecule has 1 amide bonds. The molecule has 1 aliphatic heterocycles. The number of carbonyl (C=O) groups excluding carboxylic acids is 1. The largest absolute Gasteiger partial charge is 0.497 e. The average molecular weight is 391 g/mol. The quantitative estimate of drug-likeness (QED) is 0.679. The van der Waals surface area contributed by atoms with Crippen LogP contribution in [0.2, 0.25) is 0 Å². The zero-order valence-corrected chi connectivity index (χ0v) is 17.0. The van der Waals surface area contributed by atoms with Gasteiger partial charge < -0.3 is 14.4 Å². The number of ether oxygens (including phenoxy) is 2. The Hall–Kier alpha value is -3.12. The van der Waals surface area contributed by atoms with Crippen LogP contribution < -0.4 is 4.74 Å². The molecule has 6 heteroatoms. The number of rotatable bonds is 4. The molecule has 6 nitrogen and oxygen atoms in total. The fourth-order valence-electron chi connectivity index (χ4n) is 3.59. The molecule has 0 saturated carbocycles. The predicted octanol–water partition coefficient (Wildman–Crippen LogP) is 3.80. The second kappa shape index (κ2) is 7.72. The van der Waals surface area contributed by atoms with Gasteiger partial charge in [-0.15, -0.1) is 0 Å². The average Bonchev–Trinajstić information content (AvgIpc) is 3.19. The third kappa shape index (κ3) is 3.76. The van der Waals surface area contributed by atoms with Crippen LogP contribution in [0.4, 0.5) is 0 Å². The van der Waals surface area contributed by atoms with Crippen molar-refractivity contribution >= 4 is 5.91 Å². The summed E-state index contributed by atoms with van der Waals surface area (Å²) in [5.41, 5.74) is 2.77. The van der Waals surface area contributed by atoms with Crippen LogP contribution in [0, 0.1) is 0 Å². The Kier molecular flexibility index (Phi) is 5.11. The number of hydrogen-bond donors (Lipinski definition) is 0. The van der Waals surface area contributed by atoms with Crippen molar-refractivity contribution in [3.05, 3.63) is 66.4 Å². The van der Waals surface area contributed by atoms with Gasteiger partial charge in [0, 0.05) is 12.1 Å². The van der Waals surface area contributed by atoms with E-state index >= 15 is 0 Å². The van der Waals surface area contributed by atoms with Crippen LogP contribution in [0.15, 0.2) is 60.7 Å². The van der Waals surface area contributed by atoms with E-state index < -0.39 is 0 Å². The molecule has 0 atom stereocenters. The molecule has 3 aromatic rings. The summed E-state index contributed by atoms with van der Waals surface area (Å²) >= 11 is 0. The smallest absolute Gasteiger partial charge is 0.274 e. The highest BCUT2D eigenvalue weighted by molar-refractivity contribution is 5.94. The lowest BCUT2D eigenvalue weighted by molar-refractivity contribution is -0.0373. The van der Waals surface area contributed by atoms with Crippen molar-refractivity contribution in [2.75, 3.05) is 26.9 Å². The van der Waals surface area contributed by atoms with Crippen LogP contribution >= 0.6 is 0 Å². The summed E-state index contributed by atoms with van der Waals surface area (Å²) in [4.78, 5) is 15.2. The zero-order chi connectivity index (χ0) is 20.4. The Morgan fingerprint density at radius 3 is 2.48 bits per heavy atom. The summed E-state index contributed by atoms with van der Waals surface area (Å²) in [5, 5.41) is 4.69. The van der Waals surface area contributed by atoms with E-state index in [1.54, 1.807) is 7.11 Å². The Morgan fingerprint density at radius 1 is 1.10 bits per heavy atom. The molecule has 0 unspecified atom stereocenters. The number of hydrogen-bond acceptors (Lipinski definition) is 4. The first-order valence-corrected chi connectivity index (χ1v) is 9.69. The number of nitrogens with zero attached hydrogens (tertiary/aromatic N) is 3. The maximum absolute atomic E-state index is 13.3. The van der Waals surface area contributed by atoms with Crippen LogP contribution in [-0.4, -0.2) is 53.0 Å². The minimum Gasteiger partial charge on any atom is -0.497 e. The molecule has 2 heterocycles. The SMILES string of the molecule is COc1ccc(-c2cc(C(=O)N3CCOCC3(C)C)nn2-c2ccccc2)cc1. The Morgan fingerprint density at radius 2 is 1.83 bits per heavy atom. The van der Waals surface area contributed by atoms with Gasteiger partial charge in [-0.2, -0.15) is 5.10 Å². The van der Waals surface area contributed by atoms with Crippen molar-refractivity contribution in [2.24, 2.45) is 0 Å². The van der Waals surface area contributed by atoms with E-state index in [2.05, 4.69) is 0 Å². The molecular weight excluding hydrogens is 366 g/mol. The molecule has 4 rings (SSSR count). The van der Waals surface area contributed by atoms with Crippen molar-refractivity contribution in [1.29, 1.82) is 0 Å². The van der Waals surface area contributed by atoms with Gasteiger partial charge in [0.2, 0.25) is 0 Å². The molecule has 1 aromatic heterocycles. The van der Waals surface area contributed by atoms with Gasteiger partial charge in [0.25, 0.3) is 5.91 Å². The van der Waals surface area contributed by atoms with E-state index in [0.717, 1.165) is 22.7 Å². The van der Waals surface area contributed by atoms with Gasteiger partial charge in [-0.05, 0) is 56.3 Å². The van der Waals surface area contributed by atoms with Crippen molar-refractivity contribution in [3.63, 3.8) is 0 Å². The Balaban J connectivity index is 1.78. The number of amides is 1. The molecular formula is C23H25N3O3. The maximum Gasteiger partial charge on any atom is 0.274 e. The second-order valence-corrected chi connectivity index (χ2v) is 7.71. The maximum atomic E-state index is 13.3. The number of carbonyl (C=O) groups is 1. The molecule has 0 bridgehead atoms. The third-order valence-corrected chi connectivity index (χ3v) is 5.21. The highest BCUT2D eigenvalue weighted by atomic mass is 16.5. The molecule has 29 heavy (non-hydrogen) atoms. The number of aromatic nitrogens is 2.